The maximum Gasteiger partial charge on any atom is 0.146 e. The predicted molar refractivity (Wildman–Crippen MR) is 92.6 cm³/mol. The lowest BCUT2D eigenvalue weighted by Crippen LogP contribution is -2.21. The Hall–Kier alpha value is -0.740. The zero-order valence-corrected chi connectivity index (χ0v) is 14.7. The summed E-state index contributed by atoms with van der Waals surface area (Å²) in [5.41, 5.74) is 7.07. The standard InChI is InChI=1S/C16H16BrCl2NO/c1-2-12(20)7-10-3-5-16(14(19)8-10)21-15-6-4-11(18)9-13(15)17/h3-6,8-9,12H,2,7,20H2,1H3. The van der Waals surface area contributed by atoms with Crippen LogP contribution < -0.4 is 10.5 Å². The summed E-state index contributed by atoms with van der Waals surface area (Å²) in [6.07, 6.45) is 1.74. The molecule has 0 saturated carbocycles. The monoisotopic (exact) mass is 387 g/mol. The maximum absolute atomic E-state index is 6.28. The molecule has 0 bridgehead atoms. The molecular formula is C16H16BrCl2NO. The first-order valence-corrected chi connectivity index (χ1v) is 8.21. The molecule has 112 valence electrons. The first kappa shape index (κ1) is 16.6. The van der Waals surface area contributed by atoms with E-state index in [0.29, 0.717) is 21.5 Å². The Kier molecular flexibility index (Phi) is 5.94. The van der Waals surface area contributed by atoms with E-state index in [1.54, 1.807) is 18.2 Å². The van der Waals surface area contributed by atoms with Gasteiger partial charge in [0.05, 0.1) is 9.50 Å². The molecule has 1 unspecified atom stereocenters. The van der Waals surface area contributed by atoms with E-state index in [2.05, 4.69) is 22.9 Å². The van der Waals surface area contributed by atoms with Gasteiger partial charge in [0.15, 0.2) is 0 Å². The van der Waals surface area contributed by atoms with Crippen molar-refractivity contribution in [3.63, 3.8) is 0 Å². The minimum Gasteiger partial charge on any atom is -0.455 e. The summed E-state index contributed by atoms with van der Waals surface area (Å²) in [4.78, 5) is 0. The van der Waals surface area contributed by atoms with Crippen LogP contribution >= 0.6 is 39.1 Å². The van der Waals surface area contributed by atoms with E-state index in [9.17, 15) is 0 Å². The zero-order chi connectivity index (χ0) is 15.4. The quantitative estimate of drug-likeness (QED) is 0.699. The second-order valence-corrected chi connectivity index (χ2v) is 6.51. The lowest BCUT2D eigenvalue weighted by Gasteiger charge is -2.12. The molecule has 2 aromatic rings. The van der Waals surface area contributed by atoms with Gasteiger partial charge in [-0.2, -0.15) is 0 Å². The number of benzene rings is 2. The number of nitrogens with two attached hydrogens (primary N) is 1. The van der Waals surface area contributed by atoms with Crippen molar-refractivity contribution in [2.45, 2.75) is 25.8 Å². The Morgan fingerprint density at radius 2 is 1.86 bits per heavy atom. The predicted octanol–water partition coefficient (Wildman–Crippen LogP) is 5.83. The van der Waals surface area contributed by atoms with Crippen molar-refractivity contribution >= 4 is 39.1 Å². The average molecular weight is 389 g/mol. The molecule has 0 aliphatic rings. The van der Waals surface area contributed by atoms with Crippen LogP contribution in [0.2, 0.25) is 10.0 Å². The first-order chi connectivity index (χ1) is 9.99. The highest BCUT2D eigenvalue weighted by Gasteiger charge is 2.09. The van der Waals surface area contributed by atoms with Gasteiger partial charge in [-0.3, -0.25) is 0 Å². The third kappa shape index (κ3) is 4.62. The van der Waals surface area contributed by atoms with E-state index in [-0.39, 0.29) is 6.04 Å². The molecule has 0 heterocycles. The molecule has 0 spiro atoms. The summed E-state index contributed by atoms with van der Waals surface area (Å²) in [6, 6.07) is 11.2. The van der Waals surface area contributed by atoms with Crippen LogP contribution in [0.15, 0.2) is 40.9 Å². The van der Waals surface area contributed by atoms with Gasteiger partial charge in [0.2, 0.25) is 0 Å². The van der Waals surface area contributed by atoms with Crippen molar-refractivity contribution < 1.29 is 4.74 Å². The summed E-state index contributed by atoms with van der Waals surface area (Å²) in [7, 11) is 0. The minimum atomic E-state index is 0.151. The fourth-order valence-corrected chi connectivity index (χ4v) is 2.88. The van der Waals surface area contributed by atoms with E-state index in [4.69, 9.17) is 33.7 Å². The second kappa shape index (κ2) is 7.50. The van der Waals surface area contributed by atoms with Crippen molar-refractivity contribution in [3.05, 3.63) is 56.5 Å². The molecular weight excluding hydrogens is 373 g/mol. The molecule has 2 aromatic carbocycles. The van der Waals surface area contributed by atoms with E-state index < -0.39 is 0 Å². The molecule has 2 N–H and O–H groups in total. The number of hydrogen-bond donors (Lipinski definition) is 1. The van der Waals surface area contributed by atoms with E-state index in [0.717, 1.165) is 22.9 Å². The molecule has 2 nitrogen and oxygen atoms in total. The van der Waals surface area contributed by atoms with Crippen LogP contribution in [0, 0.1) is 0 Å². The highest BCUT2D eigenvalue weighted by Crippen LogP contribution is 2.35. The Bertz CT molecular complexity index is 634. The van der Waals surface area contributed by atoms with Crippen molar-refractivity contribution in [1.29, 1.82) is 0 Å². The van der Waals surface area contributed by atoms with Gasteiger partial charge in [0.1, 0.15) is 11.5 Å². The summed E-state index contributed by atoms with van der Waals surface area (Å²) in [5.74, 6) is 1.27. The van der Waals surface area contributed by atoms with Gasteiger partial charge in [0.25, 0.3) is 0 Å². The molecule has 0 radical (unpaired) electrons. The molecule has 0 aliphatic heterocycles. The fraction of sp³-hybridized carbons (Fsp3) is 0.250. The van der Waals surface area contributed by atoms with Crippen LogP contribution in [0.1, 0.15) is 18.9 Å². The van der Waals surface area contributed by atoms with Crippen LogP contribution in [-0.4, -0.2) is 6.04 Å². The van der Waals surface area contributed by atoms with Crippen LogP contribution in [-0.2, 0) is 6.42 Å². The summed E-state index contributed by atoms with van der Waals surface area (Å²) >= 11 is 15.6. The largest absolute Gasteiger partial charge is 0.455 e. The van der Waals surface area contributed by atoms with Crippen molar-refractivity contribution in [3.8, 4) is 11.5 Å². The van der Waals surface area contributed by atoms with Gasteiger partial charge in [-0.25, -0.2) is 0 Å². The van der Waals surface area contributed by atoms with E-state index >= 15 is 0 Å². The molecule has 0 saturated heterocycles. The first-order valence-electron chi connectivity index (χ1n) is 6.66. The van der Waals surface area contributed by atoms with Crippen LogP contribution in [0.3, 0.4) is 0 Å². The third-order valence-corrected chi connectivity index (χ3v) is 4.28. The second-order valence-electron chi connectivity index (χ2n) is 4.81. The lowest BCUT2D eigenvalue weighted by atomic mass is 10.0. The van der Waals surface area contributed by atoms with Gasteiger partial charge in [-0.15, -0.1) is 0 Å². The number of rotatable bonds is 5. The van der Waals surface area contributed by atoms with Gasteiger partial charge >= 0.3 is 0 Å². The van der Waals surface area contributed by atoms with Crippen LogP contribution in [0.5, 0.6) is 11.5 Å². The molecule has 0 fully saturated rings. The average Bonchev–Trinajstić information content (AvgIpc) is 2.44. The summed E-state index contributed by atoms with van der Waals surface area (Å²) in [5, 5.41) is 1.21. The number of hydrogen-bond acceptors (Lipinski definition) is 2. The summed E-state index contributed by atoms with van der Waals surface area (Å²) < 4.78 is 6.59. The Morgan fingerprint density at radius 1 is 1.14 bits per heavy atom. The normalized spacial score (nSPS) is 12.2. The van der Waals surface area contributed by atoms with Gasteiger partial charge in [-0.05, 0) is 64.7 Å². The Balaban J connectivity index is 2.17. The van der Waals surface area contributed by atoms with Crippen molar-refractivity contribution in [2.75, 3.05) is 0 Å². The summed E-state index contributed by atoms with van der Waals surface area (Å²) in [6.45, 7) is 2.07. The van der Waals surface area contributed by atoms with Gasteiger partial charge < -0.3 is 10.5 Å². The third-order valence-electron chi connectivity index (χ3n) is 3.13. The maximum atomic E-state index is 6.28. The van der Waals surface area contributed by atoms with Crippen molar-refractivity contribution in [2.24, 2.45) is 5.73 Å². The molecule has 1 atom stereocenters. The Labute approximate surface area is 143 Å². The van der Waals surface area contributed by atoms with Crippen LogP contribution in [0.25, 0.3) is 0 Å². The zero-order valence-electron chi connectivity index (χ0n) is 11.6. The minimum absolute atomic E-state index is 0.151. The fourth-order valence-electron chi connectivity index (χ4n) is 1.88. The van der Waals surface area contributed by atoms with Gasteiger partial charge in [-0.1, -0.05) is 36.2 Å². The molecule has 0 amide bonds. The molecule has 0 aromatic heterocycles. The number of ether oxygens (including phenoxy) is 1. The molecule has 2 rings (SSSR count). The molecule has 0 aliphatic carbocycles. The smallest absolute Gasteiger partial charge is 0.146 e. The lowest BCUT2D eigenvalue weighted by molar-refractivity contribution is 0.479. The Morgan fingerprint density at radius 3 is 2.48 bits per heavy atom. The van der Waals surface area contributed by atoms with E-state index in [1.165, 1.54) is 0 Å². The van der Waals surface area contributed by atoms with Crippen LogP contribution in [0.4, 0.5) is 0 Å². The van der Waals surface area contributed by atoms with E-state index in [1.807, 2.05) is 18.2 Å². The topological polar surface area (TPSA) is 35.2 Å². The van der Waals surface area contributed by atoms with Gasteiger partial charge in [0, 0.05) is 11.1 Å². The number of halogens is 3. The SMILES string of the molecule is CCC(N)Cc1ccc(Oc2ccc(Cl)cc2Br)c(Cl)c1. The van der Waals surface area contributed by atoms with Crippen molar-refractivity contribution in [1.82, 2.24) is 0 Å². The molecule has 21 heavy (non-hydrogen) atoms. The molecule has 5 heteroatoms. The highest BCUT2D eigenvalue weighted by molar-refractivity contribution is 9.10. The highest BCUT2D eigenvalue weighted by atomic mass is 79.9.